The molecule has 0 bridgehead atoms. The van der Waals surface area contributed by atoms with Crippen LogP contribution in [0, 0.1) is 0 Å². The first-order chi connectivity index (χ1) is 8.10. The van der Waals surface area contributed by atoms with E-state index < -0.39 is 0 Å². The Morgan fingerprint density at radius 2 is 1.94 bits per heavy atom. The van der Waals surface area contributed by atoms with E-state index in [1.807, 2.05) is 0 Å². The largest absolute Gasteiger partial charge is 0.317 e. The number of benzene rings is 1. The van der Waals surface area contributed by atoms with Crippen molar-refractivity contribution in [3.05, 3.63) is 35.4 Å². The molecule has 0 aliphatic rings. The van der Waals surface area contributed by atoms with Gasteiger partial charge in [-0.25, -0.2) is 0 Å². The highest BCUT2D eigenvalue weighted by atomic mass is 14.8. The van der Waals surface area contributed by atoms with Gasteiger partial charge in [-0.1, -0.05) is 58.4 Å². The molecular weight excluding hydrogens is 206 g/mol. The second-order valence-electron chi connectivity index (χ2n) is 5.44. The highest BCUT2D eigenvalue weighted by Crippen LogP contribution is 2.27. The Kier molecular flexibility index (Phi) is 5.70. The summed E-state index contributed by atoms with van der Waals surface area (Å²) in [5.41, 5.74) is 3.22. The normalized spacial score (nSPS) is 11.8. The van der Waals surface area contributed by atoms with E-state index in [-0.39, 0.29) is 5.41 Å². The van der Waals surface area contributed by atoms with Gasteiger partial charge in [-0.15, -0.1) is 0 Å². The standard InChI is InChI=1S/C16H27N/c1-5-8-14-9-7-10-15(13-14)16(3,4)11-12-17-6-2/h7,9-10,13,17H,5-6,8,11-12H2,1-4H3. The quantitative estimate of drug-likeness (QED) is 0.704. The Morgan fingerprint density at radius 1 is 1.18 bits per heavy atom. The molecule has 0 spiro atoms. The van der Waals surface area contributed by atoms with Crippen molar-refractivity contribution < 1.29 is 0 Å². The zero-order valence-corrected chi connectivity index (χ0v) is 11.8. The Morgan fingerprint density at radius 3 is 2.59 bits per heavy atom. The summed E-state index contributed by atoms with van der Waals surface area (Å²) in [4.78, 5) is 0. The van der Waals surface area contributed by atoms with Crippen LogP contribution in [0.5, 0.6) is 0 Å². The van der Waals surface area contributed by atoms with Gasteiger partial charge in [0.15, 0.2) is 0 Å². The molecule has 96 valence electrons. The number of aryl methyl sites for hydroxylation is 1. The molecule has 1 heteroatoms. The van der Waals surface area contributed by atoms with Gasteiger partial charge in [0.25, 0.3) is 0 Å². The van der Waals surface area contributed by atoms with E-state index in [4.69, 9.17) is 0 Å². The molecule has 0 atom stereocenters. The molecule has 1 aromatic rings. The first-order valence-corrected chi connectivity index (χ1v) is 6.90. The van der Waals surface area contributed by atoms with E-state index >= 15 is 0 Å². The molecule has 0 unspecified atom stereocenters. The predicted octanol–water partition coefficient (Wildman–Crippen LogP) is 3.92. The van der Waals surface area contributed by atoms with Crippen molar-refractivity contribution in [1.29, 1.82) is 0 Å². The lowest BCUT2D eigenvalue weighted by atomic mass is 9.80. The highest BCUT2D eigenvalue weighted by molar-refractivity contribution is 5.29. The van der Waals surface area contributed by atoms with Crippen molar-refractivity contribution in [2.45, 2.75) is 52.4 Å². The Bertz CT molecular complexity index is 328. The minimum atomic E-state index is 0.270. The van der Waals surface area contributed by atoms with Crippen LogP contribution in [0.1, 0.15) is 51.7 Å². The third-order valence-corrected chi connectivity index (χ3v) is 3.42. The number of hydrogen-bond donors (Lipinski definition) is 1. The summed E-state index contributed by atoms with van der Waals surface area (Å²) >= 11 is 0. The second-order valence-corrected chi connectivity index (χ2v) is 5.44. The summed E-state index contributed by atoms with van der Waals surface area (Å²) in [6.07, 6.45) is 3.61. The van der Waals surface area contributed by atoms with Crippen LogP contribution in [0.3, 0.4) is 0 Å². The fourth-order valence-electron chi connectivity index (χ4n) is 2.16. The van der Waals surface area contributed by atoms with Gasteiger partial charge in [-0.3, -0.25) is 0 Å². The average Bonchev–Trinajstić information content (AvgIpc) is 2.30. The highest BCUT2D eigenvalue weighted by Gasteiger charge is 2.19. The Hall–Kier alpha value is -0.820. The monoisotopic (exact) mass is 233 g/mol. The molecule has 0 heterocycles. The van der Waals surface area contributed by atoms with E-state index in [9.17, 15) is 0 Å². The van der Waals surface area contributed by atoms with Crippen LogP contribution < -0.4 is 5.32 Å². The minimum Gasteiger partial charge on any atom is -0.317 e. The third kappa shape index (κ3) is 4.51. The molecule has 0 aliphatic carbocycles. The summed E-state index contributed by atoms with van der Waals surface area (Å²) < 4.78 is 0. The van der Waals surface area contributed by atoms with Crippen LogP contribution in [0.4, 0.5) is 0 Å². The minimum absolute atomic E-state index is 0.270. The van der Waals surface area contributed by atoms with E-state index in [2.05, 4.69) is 57.3 Å². The zero-order chi connectivity index (χ0) is 12.7. The summed E-state index contributed by atoms with van der Waals surface area (Å²) in [6, 6.07) is 9.10. The van der Waals surface area contributed by atoms with Crippen LogP contribution in [-0.2, 0) is 11.8 Å². The lowest BCUT2D eigenvalue weighted by Gasteiger charge is -2.26. The molecule has 1 aromatic carbocycles. The molecule has 1 nitrogen and oxygen atoms in total. The molecule has 0 amide bonds. The smallest absolute Gasteiger partial charge is 0.00407 e. The molecule has 0 aliphatic heterocycles. The van der Waals surface area contributed by atoms with E-state index in [1.165, 1.54) is 30.4 Å². The first kappa shape index (κ1) is 14.2. The molecule has 0 saturated carbocycles. The van der Waals surface area contributed by atoms with Gasteiger partial charge in [0, 0.05) is 0 Å². The fraction of sp³-hybridized carbons (Fsp3) is 0.625. The van der Waals surface area contributed by atoms with Crippen LogP contribution in [0.15, 0.2) is 24.3 Å². The summed E-state index contributed by atoms with van der Waals surface area (Å²) in [5.74, 6) is 0. The van der Waals surface area contributed by atoms with E-state index in [0.29, 0.717) is 0 Å². The molecule has 1 rings (SSSR count). The predicted molar refractivity (Wildman–Crippen MR) is 76.6 cm³/mol. The van der Waals surface area contributed by atoms with Gasteiger partial charge in [0.2, 0.25) is 0 Å². The van der Waals surface area contributed by atoms with Crippen molar-refractivity contribution in [1.82, 2.24) is 5.32 Å². The Balaban J connectivity index is 2.71. The molecule has 0 radical (unpaired) electrons. The Labute approximate surface area is 107 Å². The fourth-order valence-corrected chi connectivity index (χ4v) is 2.16. The van der Waals surface area contributed by atoms with Gasteiger partial charge in [0.1, 0.15) is 0 Å². The second kappa shape index (κ2) is 6.80. The van der Waals surface area contributed by atoms with Gasteiger partial charge in [-0.05, 0) is 42.5 Å². The summed E-state index contributed by atoms with van der Waals surface area (Å²) in [7, 11) is 0. The van der Waals surface area contributed by atoms with Gasteiger partial charge >= 0.3 is 0 Å². The third-order valence-electron chi connectivity index (χ3n) is 3.42. The lowest BCUT2D eigenvalue weighted by Crippen LogP contribution is -2.25. The van der Waals surface area contributed by atoms with Crippen molar-refractivity contribution in [2.24, 2.45) is 0 Å². The van der Waals surface area contributed by atoms with E-state index in [0.717, 1.165) is 13.1 Å². The first-order valence-electron chi connectivity index (χ1n) is 6.90. The number of rotatable bonds is 7. The molecular formula is C16H27N. The number of hydrogen-bond acceptors (Lipinski definition) is 1. The maximum absolute atomic E-state index is 3.41. The van der Waals surface area contributed by atoms with Crippen LogP contribution >= 0.6 is 0 Å². The summed E-state index contributed by atoms with van der Waals surface area (Å²) in [5, 5.41) is 3.41. The number of nitrogens with one attached hydrogen (secondary N) is 1. The lowest BCUT2D eigenvalue weighted by molar-refractivity contribution is 0.461. The molecule has 17 heavy (non-hydrogen) atoms. The van der Waals surface area contributed by atoms with Crippen molar-refractivity contribution >= 4 is 0 Å². The SMILES string of the molecule is CCCc1cccc(C(C)(C)CCNCC)c1. The maximum atomic E-state index is 3.41. The molecule has 0 saturated heterocycles. The van der Waals surface area contributed by atoms with E-state index in [1.54, 1.807) is 0 Å². The maximum Gasteiger partial charge on any atom is -0.00407 e. The van der Waals surface area contributed by atoms with Crippen molar-refractivity contribution in [3.63, 3.8) is 0 Å². The summed E-state index contributed by atoms with van der Waals surface area (Å²) in [6.45, 7) is 11.2. The van der Waals surface area contributed by atoms with Crippen LogP contribution in [0.25, 0.3) is 0 Å². The van der Waals surface area contributed by atoms with Crippen LogP contribution in [0.2, 0.25) is 0 Å². The van der Waals surface area contributed by atoms with Crippen LogP contribution in [-0.4, -0.2) is 13.1 Å². The zero-order valence-electron chi connectivity index (χ0n) is 11.8. The average molecular weight is 233 g/mol. The molecule has 1 N–H and O–H groups in total. The molecule has 0 fully saturated rings. The van der Waals surface area contributed by atoms with Gasteiger partial charge in [-0.2, -0.15) is 0 Å². The van der Waals surface area contributed by atoms with Crippen molar-refractivity contribution in [2.75, 3.05) is 13.1 Å². The molecule has 0 aromatic heterocycles. The van der Waals surface area contributed by atoms with Gasteiger partial charge < -0.3 is 5.32 Å². The topological polar surface area (TPSA) is 12.0 Å². The van der Waals surface area contributed by atoms with Crippen molar-refractivity contribution in [3.8, 4) is 0 Å². The van der Waals surface area contributed by atoms with Gasteiger partial charge in [0.05, 0.1) is 0 Å².